The molecule has 3 aromatic rings. The lowest BCUT2D eigenvalue weighted by atomic mass is 10.0. The van der Waals surface area contributed by atoms with Crippen molar-refractivity contribution in [3.8, 4) is 5.75 Å². The van der Waals surface area contributed by atoms with Crippen LogP contribution < -0.4 is 10.6 Å². The summed E-state index contributed by atoms with van der Waals surface area (Å²) in [5.41, 5.74) is 0.391. The maximum atomic E-state index is 13.6. The lowest BCUT2D eigenvalue weighted by Crippen LogP contribution is -2.51. The Morgan fingerprint density at radius 2 is 1.61 bits per heavy atom. The predicted molar refractivity (Wildman–Crippen MR) is 140 cm³/mol. The summed E-state index contributed by atoms with van der Waals surface area (Å²) in [6.07, 6.45) is -0.721. The Kier molecular flexibility index (Phi) is 8.19. The maximum absolute atomic E-state index is 13.6. The zero-order valence-corrected chi connectivity index (χ0v) is 21.2. The van der Waals surface area contributed by atoms with Gasteiger partial charge >= 0.3 is 6.09 Å². The number of likely N-dealkylation sites (N-methyl/N-ethyl adjacent to an activating group) is 1. The summed E-state index contributed by atoms with van der Waals surface area (Å²) in [4.78, 5) is 40.6. The van der Waals surface area contributed by atoms with E-state index < -0.39 is 35.6 Å². The molecule has 0 bridgehead atoms. The highest BCUT2D eigenvalue weighted by atomic mass is 16.6. The van der Waals surface area contributed by atoms with Crippen molar-refractivity contribution in [3.05, 3.63) is 72.3 Å². The lowest BCUT2D eigenvalue weighted by Gasteiger charge is -2.32. The number of carbonyl (C=O) groups is 3. The van der Waals surface area contributed by atoms with Gasteiger partial charge in [-0.15, -0.1) is 0 Å². The van der Waals surface area contributed by atoms with Gasteiger partial charge in [0.1, 0.15) is 23.4 Å². The number of carbonyl (C=O) groups excluding carboxylic acids is 3. The van der Waals surface area contributed by atoms with Crippen LogP contribution in [0.1, 0.15) is 46.2 Å². The Labute approximate surface area is 211 Å². The number of ether oxygens (including phenoxy) is 1. The molecule has 0 aromatic heterocycles. The van der Waals surface area contributed by atoms with E-state index in [1.807, 2.05) is 36.4 Å². The summed E-state index contributed by atoms with van der Waals surface area (Å²) in [5, 5.41) is 17.2. The summed E-state index contributed by atoms with van der Waals surface area (Å²) in [6.45, 7) is 8.70. The van der Waals surface area contributed by atoms with Gasteiger partial charge in [-0.25, -0.2) is 4.79 Å². The number of rotatable bonds is 7. The monoisotopic (exact) mass is 491 g/mol. The van der Waals surface area contributed by atoms with Crippen molar-refractivity contribution in [2.24, 2.45) is 0 Å². The molecule has 0 saturated carbocycles. The number of alkyl carbamates (subject to hydrolysis) is 1. The number of hydrogen-bond donors (Lipinski definition) is 3. The molecular formula is C28H33N3O5. The van der Waals surface area contributed by atoms with Crippen LogP contribution in [0.25, 0.3) is 10.8 Å². The molecule has 8 heteroatoms. The molecule has 2 unspecified atom stereocenters. The molecular weight excluding hydrogens is 458 g/mol. The molecule has 3 N–H and O–H groups in total. The number of aromatic hydroxyl groups is 1. The van der Waals surface area contributed by atoms with Crippen LogP contribution in [0.15, 0.2) is 66.7 Å². The summed E-state index contributed by atoms with van der Waals surface area (Å²) in [6, 6.07) is 17.6. The minimum atomic E-state index is -1.00. The van der Waals surface area contributed by atoms with Gasteiger partial charge in [-0.05, 0) is 75.2 Å². The van der Waals surface area contributed by atoms with E-state index in [2.05, 4.69) is 10.6 Å². The first kappa shape index (κ1) is 26.5. The number of benzene rings is 3. The van der Waals surface area contributed by atoms with Crippen LogP contribution in [0.2, 0.25) is 0 Å². The first-order chi connectivity index (χ1) is 17.0. The van der Waals surface area contributed by atoms with Crippen LogP contribution in [0.3, 0.4) is 0 Å². The molecule has 0 fully saturated rings. The number of nitrogens with one attached hydrogen (secondary N) is 2. The van der Waals surface area contributed by atoms with E-state index in [0.29, 0.717) is 11.3 Å². The first-order valence-corrected chi connectivity index (χ1v) is 11.9. The average Bonchev–Trinajstić information content (AvgIpc) is 2.81. The fourth-order valence-corrected chi connectivity index (χ4v) is 3.87. The third kappa shape index (κ3) is 6.75. The van der Waals surface area contributed by atoms with E-state index in [1.165, 1.54) is 17.0 Å². The molecule has 3 rings (SSSR count). The van der Waals surface area contributed by atoms with Crippen LogP contribution in [-0.4, -0.2) is 46.1 Å². The summed E-state index contributed by atoms with van der Waals surface area (Å²) < 4.78 is 5.26. The second-order valence-electron chi connectivity index (χ2n) is 9.54. The number of amides is 3. The molecule has 3 amide bonds. The van der Waals surface area contributed by atoms with Gasteiger partial charge in [-0.3, -0.25) is 9.59 Å². The largest absolute Gasteiger partial charge is 0.508 e. The molecule has 0 aliphatic carbocycles. The van der Waals surface area contributed by atoms with Crippen molar-refractivity contribution < 1.29 is 24.2 Å². The summed E-state index contributed by atoms with van der Waals surface area (Å²) >= 11 is 0. The van der Waals surface area contributed by atoms with Crippen LogP contribution >= 0.6 is 0 Å². The van der Waals surface area contributed by atoms with Gasteiger partial charge in [-0.1, -0.05) is 42.5 Å². The van der Waals surface area contributed by atoms with Gasteiger partial charge in [0.05, 0.1) is 0 Å². The van der Waals surface area contributed by atoms with Crippen LogP contribution in [0.4, 0.5) is 10.5 Å². The second kappa shape index (κ2) is 11.1. The molecule has 36 heavy (non-hydrogen) atoms. The molecule has 2 atom stereocenters. The average molecular weight is 492 g/mol. The molecule has 0 heterocycles. The van der Waals surface area contributed by atoms with Gasteiger partial charge in [0.25, 0.3) is 5.91 Å². The second-order valence-corrected chi connectivity index (χ2v) is 9.54. The minimum Gasteiger partial charge on any atom is -0.508 e. The molecule has 0 radical (unpaired) electrons. The van der Waals surface area contributed by atoms with Gasteiger partial charge in [-0.2, -0.15) is 0 Å². The molecule has 8 nitrogen and oxygen atoms in total. The number of fused-ring (bicyclic) bond motifs is 1. The van der Waals surface area contributed by atoms with Gasteiger partial charge in [0, 0.05) is 12.2 Å². The molecule has 0 aliphatic rings. The molecule has 0 aliphatic heterocycles. The Hall–Kier alpha value is -4.07. The third-order valence-corrected chi connectivity index (χ3v) is 5.51. The molecule has 3 aromatic carbocycles. The molecule has 0 saturated heterocycles. The van der Waals surface area contributed by atoms with E-state index in [-0.39, 0.29) is 12.3 Å². The Balaban J connectivity index is 1.88. The van der Waals surface area contributed by atoms with Crippen molar-refractivity contribution in [2.45, 2.75) is 52.3 Å². The predicted octanol–water partition coefficient (Wildman–Crippen LogP) is 4.99. The van der Waals surface area contributed by atoms with Crippen molar-refractivity contribution in [1.29, 1.82) is 0 Å². The number of hydrogen-bond acceptors (Lipinski definition) is 5. The van der Waals surface area contributed by atoms with Gasteiger partial charge in [0.15, 0.2) is 0 Å². The lowest BCUT2D eigenvalue weighted by molar-refractivity contribution is -0.140. The van der Waals surface area contributed by atoms with Crippen LogP contribution in [0, 0.1) is 0 Å². The smallest absolute Gasteiger partial charge is 0.408 e. The minimum absolute atomic E-state index is 0.0433. The zero-order chi connectivity index (χ0) is 26.5. The van der Waals surface area contributed by atoms with Crippen molar-refractivity contribution in [3.63, 3.8) is 0 Å². The highest BCUT2D eigenvalue weighted by Gasteiger charge is 2.34. The van der Waals surface area contributed by atoms with Crippen molar-refractivity contribution in [1.82, 2.24) is 10.2 Å². The van der Waals surface area contributed by atoms with E-state index in [1.54, 1.807) is 52.8 Å². The number of nitrogens with zero attached hydrogens (tertiary/aromatic N) is 1. The number of anilines is 1. The van der Waals surface area contributed by atoms with Gasteiger partial charge in [0.2, 0.25) is 5.91 Å². The maximum Gasteiger partial charge on any atom is 0.408 e. The number of phenolic OH excluding ortho intramolecular Hbond substituents is 1. The van der Waals surface area contributed by atoms with Crippen LogP contribution in [0.5, 0.6) is 5.75 Å². The van der Waals surface area contributed by atoms with Crippen molar-refractivity contribution >= 4 is 34.4 Å². The molecule has 0 spiro atoms. The molecule has 190 valence electrons. The standard InChI is InChI=1S/C28H33N3O5/c1-6-31(26(34)18(2)29-27(35)36-28(3,4)5)24(20-12-15-23(32)16-13-20)25(33)30-22-14-11-19-9-7-8-10-21(19)17-22/h7-18,24,32H,6H2,1-5H3,(H,29,35)(H,30,33). The SMILES string of the molecule is CCN(C(=O)C(C)NC(=O)OC(C)(C)C)C(C(=O)Nc1ccc2ccccc2c1)c1ccc(O)cc1. The van der Waals surface area contributed by atoms with E-state index in [9.17, 15) is 19.5 Å². The van der Waals surface area contributed by atoms with Crippen LogP contribution in [-0.2, 0) is 14.3 Å². The fourth-order valence-electron chi connectivity index (χ4n) is 3.87. The van der Waals surface area contributed by atoms with Gasteiger partial charge < -0.3 is 25.4 Å². The van der Waals surface area contributed by atoms with E-state index in [0.717, 1.165) is 10.8 Å². The quantitative estimate of drug-likeness (QED) is 0.432. The van der Waals surface area contributed by atoms with Crippen molar-refractivity contribution in [2.75, 3.05) is 11.9 Å². The third-order valence-electron chi connectivity index (χ3n) is 5.51. The Morgan fingerprint density at radius 1 is 0.972 bits per heavy atom. The van der Waals surface area contributed by atoms with E-state index >= 15 is 0 Å². The van der Waals surface area contributed by atoms with E-state index in [4.69, 9.17) is 4.74 Å². The highest BCUT2D eigenvalue weighted by molar-refractivity contribution is 6.00. The Morgan fingerprint density at radius 3 is 2.22 bits per heavy atom. The normalized spacial score (nSPS) is 12.9. The fraction of sp³-hybridized carbons (Fsp3) is 0.321. The Bertz CT molecular complexity index is 1230. The topological polar surface area (TPSA) is 108 Å². The zero-order valence-electron chi connectivity index (χ0n) is 21.2. The number of phenols is 1. The summed E-state index contributed by atoms with van der Waals surface area (Å²) in [5.74, 6) is -0.826. The first-order valence-electron chi connectivity index (χ1n) is 11.9. The highest BCUT2D eigenvalue weighted by Crippen LogP contribution is 2.27. The summed E-state index contributed by atoms with van der Waals surface area (Å²) in [7, 11) is 0.